The summed E-state index contributed by atoms with van der Waals surface area (Å²) < 4.78 is 30.7. The fourth-order valence-corrected chi connectivity index (χ4v) is 9.73. The molecule has 0 spiro atoms. The molecule has 1 amide bonds. The Balaban J connectivity index is 5.14. The number of esters is 1. The maximum absolute atomic E-state index is 13.6. The molecule has 0 radical (unpaired) electrons. The van der Waals surface area contributed by atoms with Crippen LogP contribution in [0, 0.1) is 0 Å². The first-order chi connectivity index (χ1) is 38.4. The lowest BCUT2D eigenvalue weighted by molar-refractivity contribution is -0.870. The molecule has 10 heteroatoms. The lowest BCUT2D eigenvalue weighted by Crippen LogP contribution is -2.47. The predicted molar refractivity (Wildman–Crippen MR) is 341 cm³/mol. The van der Waals surface area contributed by atoms with Gasteiger partial charge in [-0.1, -0.05) is 253 Å². The molecule has 0 saturated carbocycles. The molecular formula is C69H124N2O7P+. The third-order valence-corrected chi connectivity index (χ3v) is 15.0. The second kappa shape index (κ2) is 58.1. The van der Waals surface area contributed by atoms with E-state index in [4.69, 9.17) is 13.8 Å². The van der Waals surface area contributed by atoms with E-state index in [-0.39, 0.29) is 31.5 Å². The van der Waals surface area contributed by atoms with E-state index in [0.717, 1.165) is 116 Å². The number of allylic oxidation sites excluding steroid dienone is 15. The third-order valence-electron chi connectivity index (χ3n) is 14.0. The molecule has 3 unspecified atom stereocenters. The van der Waals surface area contributed by atoms with Crippen LogP contribution in [0.5, 0.6) is 0 Å². The number of carbonyl (C=O) groups excluding carboxylic acids is 2. The summed E-state index contributed by atoms with van der Waals surface area (Å²) in [4.78, 5) is 37.7. The Morgan fingerprint density at radius 3 is 1.24 bits per heavy atom. The predicted octanol–water partition coefficient (Wildman–Crippen LogP) is 20.3. The van der Waals surface area contributed by atoms with Crippen molar-refractivity contribution < 1.29 is 37.3 Å². The fraction of sp³-hybridized carbons (Fsp3) is 0.739. The Morgan fingerprint density at radius 2 is 0.810 bits per heavy atom. The van der Waals surface area contributed by atoms with Crippen LogP contribution in [0.4, 0.5) is 0 Å². The highest BCUT2D eigenvalue weighted by Gasteiger charge is 2.30. The van der Waals surface area contributed by atoms with Crippen molar-refractivity contribution in [2.24, 2.45) is 0 Å². The zero-order valence-electron chi connectivity index (χ0n) is 52.1. The number of unbranched alkanes of at least 4 members (excludes halogenated alkanes) is 28. The quantitative estimate of drug-likeness (QED) is 0.0205. The van der Waals surface area contributed by atoms with Crippen LogP contribution < -0.4 is 5.32 Å². The maximum atomic E-state index is 13.6. The number of hydrogen-bond donors (Lipinski definition) is 2. The number of hydrogen-bond acceptors (Lipinski definition) is 6. The van der Waals surface area contributed by atoms with Gasteiger partial charge in [0.1, 0.15) is 19.3 Å². The second-order valence-corrected chi connectivity index (χ2v) is 24.4. The molecule has 9 nitrogen and oxygen atoms in total. The van der Waals surface area contributed by atoms with Crippen LogP contribution in [0.2, 0.25) is 0 Å². The SMILES string of the molecule is CC/C=C\C/C=C\C/C=C\C/C=C\C/C=C\C/C=C\CCCCCCCCCCC(=O)NC(COP(=O)(O)OCC[N+](C)(C)C)C(/C=C\CCCCCCCCCCCC)OC(=O)CCCCC/C=C\CCCCCCCCC. The zero-order valence-corrected chi connectivity index (χ0v) is 53.0. The van der Waals surface area contributed by atoms with Gasteiger partial charge in [-0.15, -0.1) is 0 Å². The van der Waals surface area contributed by atoms with Crippen molar-refractivity contribution in [3.63, 3.8) is 0 Å². The number of phosphoric acid groups is 1. The van der Waals surface area contributed by atoms with Crippen LogP contribution in [0.15, 0.2) is 97.2 Å². The van der Waals surface area contributed by atoms with Gasteiger partial charge in [0.15, 0.2) is 0 Å². The molecule has 0 saturated heterocycles. The maximum Gasteiger partial charge on any atom is 0.472 e. The summed E-state index contributed by atoms with van der Waals surface area (Å²) >= 11 is 0. The summed E-state index contributed by atoms with van der Waals surface area (Å²) in [5.41, 5.74) is 0. The highest BCUT2D eigenvalue weighted by atomic mass is 31.2. The average Bonchev–Trinajstić information content (AvgIpc) is 3.41. The van der Waals surface area contributed by atoms with E-state index >= 15 is 0 Å². The number of rotatable bonds is 58. The molecule has 0 aliphatic carbocycles. The number of ether oxygens (including phenoxy) is 1. The highest BCUT2D eigenvalue weighted by Crippen LogP contribution is 2.43. The van der Waals surface area contributed by atoms with Crippen molar-refractivity contribution in [1.82, 2.24) is 5.32 Å². The van der Waals surface area contributed by atoms with Crippen LogP contribution in [0.3, 0.4) is 0 Å². The molecule has 0 heterocycles. The van der Waals surface area contributed by atoms with Crippen LogP contribution in [-0.4, -0.2) is 74.3 Å². The lowest BCUT2D eigenvalue weighted by Gasteiger charge is -2.27. The number of quaternary nitrogens is 1. The summed E-state index contributed by atoms with van der Waals surface area (Å²) in [5, 5.41) is 3.05. The Bertz CT molecular complexity index is 1670. The van der Waals surface area contributed by atoms with Crippen molar-refractivity contribution in [1.29, 1.82) is 0 Å². The van der Waals surface area contributed by atoms with E-state index in [0.29, 0.717) is 23.9 Å². The van der Waals surface area contributed by atoms with Crippen molar-refractivity contribution in [2.45, 2.75) is 290 Å². The van der Waals surface area contributed by atoms with E-state index in [9.17, 15) is 19.0 Å². The number of likely N-dealkylation sites (N-methyl/N-ethyl adjacent to an activating group) is 1. The van der Waals surface area contributed by atoms with Crippen LogP contribution in [0.25, 0.3) is 0 Å². The summed E-state index contributed by atoms with van der Waals surface area (Å²) in [6.45, 7) is 6.88. The van der Waals surface area contributed by atoms with Gasteiger partial charge >= 0.3 is 13.8 Å². The minimum Gasteiger partial charge on any atom is -0.456 e. The largest absolute Gasteiger partial charge is 0.472 e. The van der Waals surface area contributed by atoms with Gasteiger partial charge in [0.05, 0.1) is 33.8 Å². The summed E-state index contributed by atoms with van der Waals surface area (Å²) in [5.74, 6) is -0.534. The fourth-order valence-electron chi connectivity index (χ4n) is 9.00. The van der Waals surface area contributed by atoms with Gasteiger partial charge < -0.3 is 19.4 Å². The molecule has 79 heavy (non-hydrogen) atoms. The molecule has 0 aromatic heterocycles. The monoisotopic (exact) mass is 1120 g/mol. The van der Waals surface area contributed by atoms with Gasteiger partial charge in [-0.3, -0.25) is 18.6 Å². The number of phosphoric ester groups is 1. The molecular weight excluding hydrogens is 1000 g/mol. The molecule has 0 aliphatic rings. The summed E-state index contributed by atoms with van der Waals surface area (Å²) in [7, 11) is 1.47. The van der Waals surface area contributed by atoms with Crippen molar-refractivity contribution in [3.8, 4) is 0 Å². The van der Waals surface area contributed by atoms with Crippen molar-refractivity contribution in [2.75, 3.05) is 40.9 Å². The van der Waals surface area contributed by atoms with Crippen molar-refractivity contribution in [3.05, 3.63) is 97.2 Å². The standard InChI is InChI=1S/C69H123N2O7P/c1-7-10-13-16-19-22-25-28-30-31-32-33-34-35-36-37-38-39-40-41-42-43-46-49-52-55-58-61-68(72)70-66(65-77-79(74,75)76-64-63-71(4,5)6)67(60-57-54-51-48-45-27-24-21-18-15-12-9-3)78-69(73)62-59-56-53-50-47-44-29-26-23-20-17-14-11-8-2/h10,13,19,22,28,30,32-33,35-36,38-39,44,47,57,60,66-67H,7-9,11-12,14-18,20-21,23-27,29,31,34,37,40-43,45-46,48-56,58-59,61-65H2,1-6H3,(H-,70,72,74,75)/p+1/b13-10-,22-19-,30-28-,33-32-,36-35-,39-38-,47-44-,60-57-. The molecule has 0 aromatic rings. The van der Waals surface area contributed by atoms with Crippen molar-refractivity contribution >= 4 is 19.7 Å². The minimum absolute atomic E-state index is 0.0325. The molecule has 0 rings (SSSR count). The Morgan fingerprint density at radius 1 is 0.456 bits per heavy atom. The van der Waals surface area contributed by atoms with Crippen LogP contribution >= 0.6 is 7.82 Å². The Labute approximate surface area is 488 Å². The van der Waals surface area contributed by atoms with E-state index < -0.39 is 20.0 Å². The number of nitrogens with one attached hydrogen (secondary N) is 1. The number of carbonyl (C=O) groups is 2. The number of nitrogens with zero attached hydrogens (tertiary/aromatic N) is 1. The lowest BCUT2D eigenvalue weighted by atomic mass is 10.0. The molecule has 2 N–H and O–H groups in total. The van der Waals surface area contributed by atoms with Gasteiger partial charge in [-0.05, 0) is 109 Å². The Hall–Kier alpha value is -3.07. The van der Waals surface area contributed by atoms with Gasteiger partial charge in [0.25, 0.3) is 0 Å². The van der Waals surface area contributed by atoms with Crippen LogP contribution in [-0.2, 0) is 27.9 Å². The highest BCUT2D eigenvalue weighted by molar-refractivity contribution is 7.47. The smallest absolute Gasteiger partial charge is 0.456 e. The van der Waals surface area contributed by atoms with Gasteiger partial charge in [-0.25, -0.2) is 4.57 Å². The topological polar surface area (TPSA) is 111 Å². The van der Waals surface area contributed by atoms with Crippen LogP contribution in [0.1, 0.15) is 278 Å². The normalized spacial score (nSPS) is 14.3. The minimum atomic E-state index is -4.46. The Kier molecular flexibility index (Phi) is 55.9. The number of amides is 1. The first kappa shape index (κ1) is 75.9. The van der Waals surface area contributed by atoms with E-state index in [1.807, 2.05) is 33.3 Å². The molecule has 0 bridgehead atoms. The first-order valence-corrected chi connectivity index (χ1v) is 34.1. The summed E-state index contributed by atoms with van der Waals surface area (Å²) in [6.07, 6.45) is 78.4. The first-order valence-electron chi connectivity index (χ1n) is 32.6. The average molecular weight is 1120 g/mol. The van der Waals surface area contributed by atoms with Gasteiger partial charge in [0.2, 0.25) is 5.91 Å². The van der Waals surface area contributed by atoms with E-state index in [1.165, 1.54) is 122 Å². The summed E-state index contributed by atoms with van der Waals surface area (Å²) in [6, 6.07) is -0.864. The second-order valence-electron chi connectivity index (χ2n) is 22.9. The zero-order chi connectivity index (χ0) is 57.9. The molecule has 456 valence electrons. The molecule has 0 fully saturated rings. The molecule has 0 aliphatic heterocycles. The third kappa shape index (κ3) is 59.4. The van der Waals surface area contributed by atoms with Gasteiger partial charge in [0, 0.05) is 12.8 Å². The molecule has 3 atom stereocenters. The molecule has 0 aromatic carbocycles. The van der Waals surface area contributed by atoms with Gasteiger partial charge in [-0.2, -0.15) is 0 Å². The van der Waals surface area contributed by atoms with E-state index in [2.05, 4.69) is 111 Å². The van der Waals surface area contributed by atoms with E-state index in [1.54, 1.807) is 0 Å².